The number of carbonyl (C=O) groups is 1. The Bertz CT molecular complexity index is 325. The first-order valence-electron chi connectivity index (χ1n) is 6.83. The van der Waals surface area contributed by atoms with Gasteiger partial charge in [-0.05, 0) is 31.9 Å². The van der Waals surface area contributed by atoms with Crippen molar-refractivity contribution in [2.45, 2.75) is 57.1 Å². The highest BCUT2D eigenvalue weighted by atomic mass is 32.2. The van der Waals surface area contributed by atoms with Crippen LogP contribution in [0.15, 0.2) is 0 Å². The lowest BCUT2D eigenvalue weighted by Crippen LogP contribution is -2.45. The summed E-state index contributed by atoms with van der Waals surface area (Å²) in [5, 5.41) is 12.3. The van der Waals surface area contributed by atoms with Crippen LogP contribution in [-0.4, -0.2) is 23.5 Å². The molecule has 18 heavy (non-hydrogen) atoms. The summed E-state index contributed by atoms with van der Waals surface area (Å²) >= 11 is 1.86. The minimum atomic E-state index is -0.835. The third kappa shape index (κ3) is 3.00. The third-order valence-electron chi connectivity index (χ3n) is 4.37. The molecule has 0 unspecified atom stereocenters. The minimum Gasteiger partial charge on any atom is -0.353 e. The minimum absolute atomic E-state index is 0.0877. The van der Waals surface area contributed by atoms with Gasteiger partial charge >= 0.3 is 0 Å². The average Bonchev–Trinajstić information content (AvgIpc) is 2.88. The van der Waals surface area contributed by atoms with Gasteiger partial charge < -0.3 is 5.32 Å². The van der Waals surface area contributed by atoms with E-state index in [2.05, 4.69) is 17.6 Å². The van der Waals surface area contributed by atoms with E-state index in [9.17, 15) is 10.1 Å². The maximum absolute atomic E-state index is 12.2. The van der Waals surface area contributed by atoms with Crippen LogP contribution in [0.25, 0.3) is 0 Å². The van der Waals surface area contributed by atoms with E-state index in [1.807, 2.05) is 25.6 Å². The highest BCUT2D eigenvalue weighted by Crippen LogP contribution is 2.39. The lowest BCUT2D eigenvalue weighted by molar-refractivity contribution is -0.128. The van der Waals surface area contributed by atoms with Crippen molar-refractivity contribution in [3.8, 4) is 6.07 Å². The number of nitrogens with one attached hydrogen (secondary N) is 1. The predicted octanol–water partition coefficient (Wildman–Crippen LogP) is 3.11. The zero-order valence-corrected chi connectivity index (χ0v) is 12.5. The fourth-order valence-electron chi connectivity index (χ4n) is 2.66. The number of hydrogen-bond donors (Lipinski definition) is 1. The summed E-state index contributed by atoms with van der Waals surface area (Å²) in [6.45, 7) is 4.52. The van der Waals surface area contributed by atoms with Crippen LogP contribution in [-0.2, 0) is 4.79 Å². The average molecular weight is 268 g/mol. The summed E-state index contributed by atoms with van der Waals surface area (Å²) in [5.74, 6) is -0.0877. The molecule has 1 aliphatic rings. The number of hydrogen-bond acceptors (Lipinski definition) is 3. The van der Waals surface area contributed by atoms with E-state index in [0.29, 0.717) is 19.4 Å². The standard InChI is InChI=1S/C14H24N2OS/c1-4-13(5-2,10-15)12(17)16-11-14(18-3)8-6-7-9-14/h4-9,11H2,1-3H3,(H,16,17). The van der Waals surface area contributed by atoms with E-state index >= 15 is 0 Å². The van der Waals surface area contributed by atoms with E-state index in [1.165, 1.54) is 25.7 Å². The second-order valence-electron chi connectivity index (χ2n) is 5.18. The molecular formula is C14H24N2OS. The molecule has 1 rings (SSSR count). The van der Waals surface area contributed by atoms with E-state index < -0.39 is 5.41 Å². The predicted molar refractivity (Wildman–Crippen MR) is 76.4 cm³/mol. The summed E-state index contributed by atoms with van der Waals surface area (Å²) < 4.78 is 0.207. The van der Waals surface area contributed by atoms with E-state index in [-0.39, 0.29) is 10.7 Å². The molecule has 0 atom stereocenters. The summed E-state index contributed by atoms with van der Waals surface area (Å²) in [6, 6.07) is 2.20. The Labute approximate surface area is 115 Å². The van der Waals surface area contributed by atoms with Gasteiger partial charge in [0.05, 0.1) is 6.07 Å². The molecule has 0 bridgehead atoms. The highest BCUT2D eigenvalue weighted by molar-refractivity contribution is 8.00. The smallest absolute Gasteiger partial charge is 0.240 e. The lowest BCUT2D eigenvalue weighted by atomic mass is 9.83. The van der Waals surface area contributed by atoms with Gasteiger partial charge in [0.15, 0.2) is 0 Å². The second kappa shape index (κ2) is 6.47. The molecule has 0 aliphatic heterocycles. The molecule has 1 fully saturated rings. The number of nitrogens with zero attached hydrogens (tertiary/aromatic N) is 1. The van der Waals surface area contributed by atoms with Crippen LogP contribution in [0, 0.1) is 16.7 Å². The fraction of sp³-hybridized carbons (Fsp3) is 0.857. The van der Waals surface area contributed by atoms with Crippen LogP contribution in [0.1, 0.15) is 52.4 Å². The molecule has 0 spiro atoms. The van der Waals surface area contributed by atoms with Crippen molar-refractivity contribution in [3.05, 3.63) is 0 Å². The van der Waals surface area contributed by atoms with Crippen molar-refractivity contribution in [1.82, 2.24) is 5.32 Å². The third-order valence-corrected chi connectivity index (χ3v) is 5.79. The Morgan fingerprint density at radius 2 is 1.94 bits per heavy atom. The number of amides is 1. The maximum Gasteiger partial charge on any atom is 0.240 e. The quantitative estimate of drug-likeness (QED) is 0.805. The van der Waals surface area contributed by atoms with Gasteiger partial charge in [0.2, 0.25) is 5.91 Å². The fourth-order valence-corrected chi connectivity index (χ4v) is 3.58. The Hall–Kier alpha value is -0.690. The molecule has 0 radical (unpaired) electrons. The van der Waals surface area contributed by atoms with Crippen LogP contribution in [0.4, 0.5) is 0 Å². The zero-order valence-electron chi connectivity index (χ0n) is 11.7. The van der Waals surface area contributed by atoms with Gasteiger partial charge in [-0.15, -0.1) is 0 Å². The van der Waals surface area contributed by atoms with Crippen LogP contribution >= 0.6 is 11.8 Å². The van der Waals surface area contributed by atoms with Crippen molar-refractivity contribution in [1.29, 1.82) is 5.26 Å². The zero-order chi connectivity index (χ0) is 13.6. The summed E-state index contributed by atoms with van der Waals surface area (Å²) in [7, 11) is 0. The molecule has 0 saturated heterocycles. The van der Waals surface area contributed by atoms with Gasteiger partial charge in [-0.25, -0.2) is 0 Å². The van der Waals surface area contributed by atoms with Crippen LogP contribution in [0.2, 0.25) is 0 Å². The number of nitriles is 1. The Morgan fingerprint density at radius 3 is 2.33 bits per heavy atom. The number of carbonyl (C=O) groups excluding carboxylic acids is 1. The maximum atomic E-state index is 12.2. The van der Waals surface area contributed by atoms with Crippen molar-refractivity contribution in [2.75, 3.05) is 12.8 Å². The monoisotopic (exact) mass is 268 g/mol. The summed E-state index contributed by atoms with van der Waals surface area (Å²) in [5.41, 5.74) is -0.835. The van der Waals surface area contributed by atoms with Crippen molar-refractivity contribution in [2.24, 2.45) is 5.41 Å². The summed E-state index contributed by atoms with van der Waals surface area (Å²) in [6.07, 6.45) is 8.13. The molecule has 1 saturated carbocycles. The Morgan fingerprint density at radius 1 is 1.39 bits per heavy atom. The normalized spacial score (nSPS) is 18.3. The van der Waals surface area contributed by atoms with Gasteiger partial charge in [-0.1, -0.05) is 26.7 Å². The summed E-state index contributed by atoms with van der Waals surface area (Å²) in [4.78, 5) is 12.2. The molecule has 4 heteroatoms. The van der Waals surface area contributed by atoms with Gasteiger partial charge in [-0.3, -0.25) is 4.79 Å². The first kappa shape index (κ1) is 15.4. The van der Waals surface area contributed by atoms with E-state index in [4.69, 9.17) is 0 Å². The molecule has 1 N–H and O–H groups in total. The Balaban J connectivity index is 2.62. The number of thioether (sulfide) groups is 1. The largest absolute Gasteiger partial charge is 0.353 e. The number of rotatable bonds is 6. The van der Waals surface area contributed by atoms with Crippen molar-refractivity contribution < 1.29 is 4.79 Å². The van der Waals surface area contributed by atoms with Crippen LogP contribution in [0.3, 0.4) is 0 Å². The van der Waals surface area contributed by atoms with Gasteiger partial charge in [0.25, 0.3) is 0 Å². The highest BCUT2D eigenvalue weighted by Gasteiger charge is 2.38. The van der Waals surface area contributed by atoms with Gasteiger partial charge in [0, 0.05) is 11.3 Å². The van der Waals surface area contributed by atoms with Gasteiger partial charge in [-0.2, -0.15) is 17.0 Å². The molecule has 1 amide bonds. The van der Waals surface area contributed by atoms with Gasteiger partial charge in [0.1, 0.15) is 5.41 Å². The topological polar surface area (TPSA) is 52.9 Å². The molecule has 1 aliphatic carbocycles. The Kier molecular flexibility index (Phi) is 5.52. The molecule has 0 heterocycles. The first-order chi connectivity index (χ1) is 8.58. The molecule has 0 aromatic heterocycles. The van der Waals surface area contributed by atoms with Crippen molar-refractivity contribution >= 4 is 17.7 Å². The first-order valence-corrected chi connectivity index (χ1v) is 8.05. The van der Waals surface area contributed by atoms with E-state index in [0.717, 1.165) is 0 Å². The van der Waals surface area contributed by atoms with E-state index in [1.54, 1.807) is 0 Å². The molecule has 0 aromatic rings. The van der Waals surface area contributed by atoms with Crippen molar-refractivity contribution in [3.63, 3.8) is 0 Å². The molecule has 102 valence electrons. The van der Waals surface area contributed by atoms with Crippen LogP contribution in [0.5, 0.6) is 0 Å². The lowest BCUT2D eigenvalue weighted by Gasteiger charge is -2.29. The molecule has 3 nitrogen and oxygen atoms in total. The SMILES string of the molecule is CCC(C#N)(CC)C(=O)NCC1(SC)CCCC1. The molecule has 0 aromatic carbocycles. The molecular weight excluding hydrogens is 244 g/mol. The van der Waals surface area contributed by atoms with Crippen LogP contribution < -0.4 is 5.32 Å². The second-order valence-corrected chi connectivity index (χ2v) is 6.45.